The predicted octanol–water partition coefficient (Wildman–Crippen LogP) is 2.09. The lowest BCUT2D eigenvalue weighted by Crippen LogP contribution is -2.41. The van der Waals surface area contributed by atoms with Crippen LogP contribution in [0.3, 0.4) is 0 Å². The molecule has 82 valence electrons. The molecule has 0 saturated heterocycles. The maximum atomic E-state index is 9.46. The number of hydrogen-bond donors (Lipinski definition) is 2. The molecule has 0 aromatic carbocycles. The van der Waals surface area contributed by atoms with Gasteiger partial charge in [-0.05, 0) is 19.8 Å². The van der Waals surface area contributed by atoms with E-state index in [2.05, 4.69) is 18.8 Å². The molecule has 0 aromatic rings. The van der Waals surface area contributed by atoms with Crippen LogP contribution in [0, 0.1) is 5.41 Å². The van der Waals surface area contributed by atoms with Crippen LogP contribution in [0.2, 0.25) is 0 Å². The fourth-order valence-electron chi connectivity index (χ4n) is 2.15. The molecule has 0 aliphatic heterocycles. The van der Waals surface area contributed by atoms with Crippen LogP contribution in [0.4, 0.5) is 0 Å². The van der Waals surface area contributed by atoms with Crippen molar-refractivity contribution in [2.75, 3.05) is 13.2 Å². The molecule has 2 N–H and O–H groups in total. The minimum atomic E-state index is 0.148. The molecular weight excluding hydrogens is 174 g/mol. The molecular formula is C12H23NO. The Balaban J connectivity index is 2.39. The third-order valence-electron chi connectivity index (χ3n) is 3.40. The second-order valence-corrected chi connectivity index (χ2v) is 4.62. The van der Waals surface area contributed by atoms with Crippen LogP contribution in [0.15, 0.2) is 12.7 Å². The van der Waals surface area contributed by atoms with Gasteiger partial charge in [0.2, 0.25) is 0 Å². The first-order valence-electron chi connectivity index (χ1n) is 5.69. The van der Waals surface area contributed by atoms with E-state index in [1.807, 2.05) is 6.08 Å². The van der Waals surface area contributed by atoms with E-state index in [-0.39, 0.29) is 5.41 Å². The van der Waals surface area contributed by atoms with Gasteiger partial charge in [0.15, 0.2) is 0 Å². The Morgan fingerprint density at radius 1 is 1.43 bits per heavy atom. The minimum absolute atomic E-state index is 0.148. The van der Waals surface area contributed by atoms with Crippen LogP contribution in [0.1, 0.15) is 39.0 Å². The lowest BCUT2D eigenvalue weighted by molar-refractivity contribution is 0.0802. The Hall–Kier alpha value is -0.340. The van der Waals surface area contributed by atoms with Crippen molar-refractivity contribution >= 4 is 0 Å². The summed E-state index contributed by atoms with van der Waals surface area (Å²) in [5, 5.41) is 12.9. The molecule has 0 radical (unpaired) electrons. The van der Waals surface area contributed by atoms with E-state index in [1.54, 1.807) is 0 Å². The Morgan fingerprint density at radius 2 is 2.07 bits per heavy atom. The Bertz CT molecular complexity index is 173. The summed E-state index contributed by atoms with van der Waals surface area (Å²) in [5.41, 5.74) is 0.148. The Morgan fingerprint density at radius 3 is 2.57 bits per heavy atom. The van der Waals surface area contributed by atoms with Gasteiger partial charge in [0, 0.05) is 24.6 Å². The summed E-state index contributed by atoms with van der Waals surface area (Å²) in [6, 6.07) is 0.348. The fourth-order valence-corrected chi connectivity index (χ4v) is 2.15. The van der Waals surface area contributed by atoms with Crippen molar-refractivity contribution in [3.8, 4) is 0 Å². The summed E-state index contributed by atoms with van der Waals surface area (Å²) in [7, 11) is 0. The Kier molecular flexibility index (Phi) is 4.63. The van der Waals surface area contributed by atoms with Gasteiger partial charge in [0.1, 0.15) is 0 Å². The Labute approximate surface area is 87.4 Å². The van der Waals surface area contributed by atoms with Gasteiger partial charge in [-0.15, -0.1) is 6.58 Å². The molecule has 1 fully saturated rings. The molecule has 1 rings (SSSR count). The lowest BCUT2D eigenvalue weighted by atomic mass is 9.74. The van der Waals surface area contributed by atoms with Crippen LogP contribution < -0.4 is 5.32 Å². The van der Waals surface area contributed by atoms with E-state index in [1.165, 1.54) is 32.1 Å². The van der Waals surface area contributed by atoms with Crippen LogP contribution in [0.25, 0.3) is 0 Å². The molecule has 2 heteroatoms. The maximum absolute atomic E-state index is 9.46. The SMILES string of the molecule is C=CC(C)NCC1(CO)CCCCC1. The molecule has 1 unspecified atom stereocenters. The first-order chi connectivity index (χ1) is 6.72. The number of aliphatic hydroxyl groups is 1. The average molecular weight is 197 g/mol. The molecule has 0 heterocycles. The van der Waals surface area contributed by atoms with Crippen molar-refractivity contribution in [3.05, 3.63) is 12.7 Å². The van der Waals surface area contributed by atoms with E-state index in [9.17, 15) is 5.11 Å². The van der Waals surface area contributed by atoms with Crippen LogP contribution in [-0.4, -0.2) is 24.3 Å². The first-order valence-corrected chi connectivity index (χ1v) is 5.69. The third kappa shape index (κ3) is 3.10. The molecule has 1 saturated carbocycles. The van der Waals surface area contributed by atoms with Crippen LogP contribution in [0.5, 0.6) is 0 Å². The molecule has 14 heavy (non-hydrogen) atoms. The van der Waals surface area contributed by atoms with Gasteiger partial charge in [0.05, 0.1) is 0 Å². The van der Waals surface area contributed by atoms with E-state index in [0.717, 1.165) is 6.54 Å². The van der Waals surface area contributed by atoms with E-state index >= 15 is 0 Å². The number of hydrogen-bond acceptors (Lipinski definition) is 2. The van der Waals surface area contributed by atoms with Crippen molar-refractivity contribution in [1.82, 2.24) is 5.32 Å². The topological polar surface area (TPSA) is 32.3 Å². The number of nitrogens with one attached hydrogen (secondary N) is 1. The summed E-state index contributed by atoms with van der Waals surface area (Å²) < 4.78 is 0. The number of aliphatic hydroxyl groups excluding tert-OH is 1. The zero-order chi connectivity index (χ0) is 10.4. The summed E-state index contributed by atoms with van der Waals surface area (Å²) in [5.74, 6) is 0. The highest BCUT2D eigenvalue weighted by atomic mass is 16.3. The van der Waals surface area contributed by atoms with Gasteiger partial charge in [-0.25, -0.2) is 0 Å². The highest BCUT2D eigenvalue weighted by Crippen LogP contribution is 2.35. The largest absolute Gasteiger partial charge is 0.396 e. The van der Waals surface area contributed by atoms with E-state index < -0.39 is 0 Å². The van der Waals surface area contributed by atoms with Crippen molar-refractivity contribution in [3.63, 3.8) is 0 Å². The van der Waals surface area contributed by atoms with Crippen molar-refractivity contribution < 1.29 is 5.11 Å². The second-order valence-electron chi connectivity index (χ2n) is 4.62. The lowest BCUT2D eigenvalue weighted by Gasteiger charge is -2.36. The third-order valence-corrected chi connectivity index (χ3v) is 3.40. The summed E-state index contributed by atoms with van der Waals surface area (Å²) in [4.78, 5) is 0. The van der Waals surface area contributed by atoms with Gasteiger partial charge >= 0.3 is 0 Å². The minimum Gasteiger partial charge on any atom is -0.396 e. The second kappa shape index (κ2) is 5.52. The van der Waals surface area contributed by atoms with Crippen molar-refractivity contribution in [2.24, 2.45) is 5.41 Å². The first kappa shape index (κ1) is 11.7. The standard InChI is InChI=1S/C12H23NO/c1-3-11(2)13-9-12(10-14)7-5-4-6-8-12/h3,11,13-14H,1,4-10H2,2H3. The normalized spacial score (nSPS) is 23.0. The monoisotopic (exact) mass is 197 g/mol. The molecule has 0 bridgehead atoms. The molecule has 1 atom stereocenters. The van der Waals surface area contributed by atoms with E-state index in [4.69, 9.17) is 0 Å². The molecule has 0 aromatic heterocycles. The van der Waals surface area contributed by atoms with Gasteiger partial charge in [0.25, 0.3) is 0 Å². The summed E-state index contributed by atoms with van der Waals surface area (Å²) >= 11 is 0. The van der Waals surface area contributed by atoms with Gasteiger partial charge in [-0.1, -0.05) is 25.3 Å². The van der Waals surface area contributed by atoms with Gasteiger partial charge in [-0.3, -0.25) is 0 Å². The molecule has 0 spiro atoms. The summed E-state index contributed by atoms with van der Waals surface area (Å²) in [6.45, 7) is 7.10. The quantitative estimate of drug-likeness (QED) is 0.661. The zero-order valence-electron chi connectivity index (χ0n) is 9.26. The smallest absolute Gasteiger partial charge is 0.0499 e. The van der Waals surface area contributed by atoms with Crippen molar-refractivity contribution in [1.29, 1.82) is 0 Å². The predicted molar refractivity (Wildman–Crippen MR) is 60.3 cm³/mol. The molecule has 1 aliphatic carbocycles. The molecule has 0 amide bonds. The average Bonchev–Trinajstić information content (AvgIpc) is 2.27. The van der Waals surface area contributed by atoms with Crippen molar-refractivity contribution in [2.45, 2.75) is 45.1 Å². The van der Waals surface area contributed by atoms with Crippen LogP contribution in [-0.2, 0) is 0 Å². The number of rotatable bonds is 5. The molecule has 2 nitrogen and oxygen atoms in total. The fraction of sp³-hybridized carbons (Fsp3) is 0.833. The molecule has 1 aliphatic rings. The van der Waals surface area contributed by atoms with E-state index in [0.29, 0.717) is 12.6 Å². The maximum Gasteiger partial charge on any atom is 0.0499 e. The highest BCUT2D eigenvalue weighted by Gasteiger charge is 2.30. The van der Waals surface area contributed by atoms with Gasteiger partial charge < -0.3 is 10.4 Å². The zero-order valence-corrected chi connectivity index (χ0v) is 9.26. The van der Waals surface area contributed by atoms with Gasteiger partial charge in [-0.2, -0.15) is 0 Å². The van der Waals surface area contributed by atoms with Crippen LogP contribution >= 0.6 is 0 Å². The highest BCUT2D eigenvalue weighted by molar-refractivity contribution is 4.88. The summed E-state index contributed by atoms with van der Waals surface area (Å²) in [6.07, 6.45) is 8.11.